The smallest absolute Gasteiger partial charge is 0.224 e. The number of rotatable bonds is 3. The van der Waals surface area contributed by atoms with Crippen LogP contribution in [0.2, 0.25) is 0 Å². The minimum absolute atomic E-state index is 0.0858. The maximum atomic E-state index is 12.6. The van der Waals surface area contributed by atoms with Gasteiger partial charge < -0.3 is 0 Å². The topological polar surface area (TPSA) is 34.1 Å². The van der Waals surface area contributed by atoms with Gasteiger partial charge in [0.2, 0.25) is 0 Å². The molecule has 6 heteroatoms. The Morgan fingerprint density at radius 2 is 1.53 bits per heavy atom. The predicted octanol–water partition coefficient (Wildman–Crippen LogP) is 3.05. The van der Waals surface area contributed by atoms with Crippen LogP contribution in [0.25, 0.3) is 0 Å². The average Bonchev–Trinajstić information content (AvgIpc) is 2.15. The van der Waals surface area contributed by atoms with Crippen LogP contribution in [0.1, 0.15) is 13.8 Å². The summed E-state index contributed by atoms with van der Waals surface area (Å²) >= 11 is 0. The number of halogens is 3. The Morgan fingerprint density at radius 3 is 1.94 bits per heavy atom. The Bertz CT molecular complexity index is 475. The lowest BCUT2D eigenvalue weighted by atomic mass is 9.96. The summed E-state index contributed by atoms with van der Waals surface area (Å²) in [5, 5.41) is 0. The molecule has 17 heavy (non-hydrogen) atoms. The fourth-order valence-electron chi connectivity index (χ4n) is 1.27. The van der Waals surface area contributed by atoms with E-state index in [0.29, 0.717) is 0 Å². The molecule has 0 aliphatic carbocycles. The van der Waals surface area contributed by atoms with Gasteiger partial charge in [0.15, 0.2) is 9.84 Å². The summed E-state index contributed by atoms with van der Waals surface area (Å²) < 4.78 is 61.4. The second-order valence-electron chi connectivity index (χ2n) is 4.45. The lowest BCUT2D eigenvalue weighted by Crippen LogP contribution is -2.38. The van der Waals surface area contributed by atoms with Gasteiger partial charge in [0.25, 0.3) is 0 Å². The highest BCUT2D eigenvalue weighted by Gasteiger charge is 2.49. The van der Waals surface area contributed by atoms with Crippen molar-refractivity contribution in [3.8, 4) is 0 Å². The molecule has 0 heterocycles. The molecule has 0 bridgehead atoms. The first-order valence-corrected chi connectivity index (χ1v) is 6.56. The van der Waals surface area contributed by atoms with Gasteiger partial charge in [0.1, 0.15) is 0 Å². The van der Waals surface area contributed by atoms with E-state index in [1.807, 2.05) is 0 Å². The highest BCUT2D eigenvalue weighted by molar-refractivity contribution is 7.91. The van der Waals surface area contributed by atoms with Crippen molar-refractivity contribution in [1.29, 1.82) is 0 Å². The summed E-state index contributed by atoms with van der Waals surface area (Å²) in [4.78, 5) is -0.0858. The molecule has 0 aromatic heterocycles. The zero-order valence-corrected chi connectivity index (χ0v) is 10.3. The molecule has 0 saturated carbocycles. The Kier molecular flexibility index (Phi) is 3.57. The monoisotopic (exact) mass is 266 g/mol. The Morgan fingerprint density at radius 1 is 1.06 bits per heavy atom. The third kappa shape index (κ3) is 3.21. The molecule has 96 valence electrons. The number of hydrogen-bond acceptors (Lipinski definition) is 2. The van der Waals surface area contributed by atoms with E-state index < -0.39 is 27.2 Å². The Hall–Kier alpha value is -1.04. The third-order valence-corrected chi connectivity index (χ3v) is 4.51. The molecule has 1 aromatic carbocycles. The number of alkyl halides is 3. The molecule has 0 aliphatic heterocycles. The molecule has 0 fully saturated rings. The lowest BCUT2D eigenvalue weighted by molar-refractivity contribution is -0.203. The van der Waals surface area contributed by atoms with Gasteiger partial charge in [-0.25, -0.2) is 8.42 Å². The molecule has 0 N–H and O–H groups in total. The van der Waals surface area contributed by atoms with Crippen LogP contribution in [0.4, 0.5) is 13.2 Å². The first-order valence-electron chi connectivity index (χ1n) is 4.91. The predicted molar refractivity (Wildman–Crippen MR) is 58.3 cm³/mol. The summed E-state index contributed by atoms with van der Waals surface area (Å²) in [5.41, 5.74) is -2.26. The molecule has 0 amide bonds. The molecule has 0 saturated heterocycles. The lowest BCUT2D eigenvalue weighted by Gasteiger charge is -2.27. The van der Waals surface area contributed by atoms with Crippen LogP contribution in [-0.2, 0) is 9.84 Å². The fraction of sp³-hybridized carbons (Fsp3) is 0.455. The van der Waals surface area contributed by atoms with Crippen molar-refractivity contribution < 1.29 is 21.6 Å². The van der Waals surface area contributed by atoms with Crippen LogP contribution in [0.5, 0.6) is 0 Å². The van der Waals surface area contributed by atoms with Crippen molar-refractivity contribution in [2.75, 3.05) is 5.75 Å². The minimum atomic E-state index is -4.55. The van der Waals surface area contributed by atoms with Gasteiger partial charge in [0.05, 0.1) is 16.1 Å². The van der Waals surface area contributed by atoms with Crippen LogP contribution >= 0.6 is 0 Å². The van der Waals surface area contributed by atoms with Crippen LogP contribution < -0.4 is 0 Å². The van der Waals surface area contributed by atoms with Crippen molar-refractivity contribution in [2.45, 2.75) is 24.9 Å². The van der Waals surface area contributed by atoms with Crippen molar-refractivity contribution in [3.05, 3.63) is 30.3 Å². The molecule has 0 atom stereocenters. The van der Waals surface area contributed by atoms with E-state index in [0.717, 1.165) is 13.8 Å². The molecule has 0 radical (unpaired) electrons. The second-order valence-corrected chi connectivity index (χ2v) is 6.44. The van der Waals surface area contributed by atoms with Crippen LogP contribution in [-0.4, -0.2) is 20.3 Å². The maximum absolute atomic E-state index is 12.6. The largest absolute Gasteiger partial charge is 0.394 e. The fourth-order valence-corrected chi connectivity index (χ4v) is 3.12. The van der Waals surface area contributed by atoms with E-state index >= 15 is 0 Å². The zero-order chi connectivity index (χ0) is 13.3. The Balaban J connectivity index is 3.04. The number of sulfone groups is 1. The summed E-state index contributed by atoms with van der Waals surface area (Å²) in [6.07, 6.45) is -4.55. The summed E-state index contributed by atoms with van der Waals surface area (Å²) in [6, 6.07) is 7.15. The first kappa shape index (κ1) is 14.0. The summed E-state index contributed by atoms with van der Waals surface area (Å²) in [7, 11) is -3.92. The normalized spacial score (nSPS) is 13.7. The van der Waals surface area contributed by atoms with Gasteiger partial charge in [-0.2, -0.15) is 13.2 Å². The first-order chi connectivity index (χ1) is 7.56. The summed E-state index contributed by atoms with van der Waals surface area (Å²) in [5.74, 6) is -0.951. The van der Waals surface area contributed by atoms with Crippen molar-refractivity contribution in [2.24, 2.45) is 5.41 Å². The Labute approximate surface area is 98.4 Å². The molecule has 0 aliphatic rings. The van der Waals surface area contributed by atoms with Crippen LogP contribution in [0.3, 0.4) is 0 Å². The quantitative estimate of drug-likeness (QED) is 0.842. The summed E-state index contributed by atoms with van der Waals surface area (Å²) in [6.45, 7) is 1.76. The van der Waals surface area contributed by atoms with Gasteiger partial charge in [-0.05, 0) is 12.1 Å². The second kappa shape index (κ2) is 4.33. The molecule has 2 nitrogen and oxygen atoms in total. The van der Waals surface area contributed by atoms with Crippen LogP contribution in [0, 0.1) is 5.41 Å². The molecular weight excluding hydrogens is 253 g/mol. The molecule has 0 spiro atoms. The SMILES string of the molecule is CC(C)(CS(=O)(=O)c1ccccc1)C(F)(F)F. The third-order valence-electron chi connectivity index (χ3n) is 2.42. The zero-order valence-electron chi connectivity index (χ0n) is 9.45. The van der Waals surface area contributed by atoms with E-state index in [9.17, 15) is 21.6 Å². The number of hydrogen-bond donors (Lipinski definition) is 0. The van der Waals surface area contributed by atoms with Gasteiger partial charge in [-0.3, -0.25) is 0 Å². The van der Waals surface area contributed by atoms with Crippen LogP contribution in [0.15, 0.2) is 35.2 Å². The van der Waals surface area contributed by atoms with E-state index in [-0.39, 0.29) is 4.90 Å². The number of benzene rings is 1. The molecule has 1 rings (SSSR count). The standard InChI is InChI=1S/C11H13F3O2S/c1-10(2,11(12,13)14)8-17(15,16)9-6-4-3-5-7-9/h3-7H,8H2,1-2H3. The van der Waals surface area contributed by atoms with Crippen molar-refractivity contribution in [1.82, 2.24) is 0 Å². The van der Waals surface area contributed by atoms with Gasteiger partial charge >= 0.3 is 6.18 Å². The highest BCUT2D eigenvalue weighted by Crippen LogP contribution is 2.39. The minimum Gasteiger partial charge on any atom is -0.224 e. The van der Waals surface area contributed by atoms with E-state index in [4.69, 9.17) is 0 Å². The van der Waals surface area contributed by atoms with E-state index in [2.05, 4.69) is 0 Å². The molecule has 1 aromatic rings. The molecule has 0 unspecified atom stereocenters. The maximum Gasteiger partial charge on any atom is 0.394 e. The molecular formula is C11H13F3O2S. The van der Waals surface area contributed by atoms with Gasteiger partial charge in [-0.15, -0.1) is 0 Å². The highest BCUT2D eigenvalue weighted by atomic mass is 32.2. The van der Waals surface area contributed by atoms with Crippen molar-refractivity contribution >= 4 is 9.84 Å². The van der Waals surface area contributed by atoms with Gasteiger partial charge in [0, 0.05) is 0 Å². The van der Waals surface area contributed by atoms with Gasteiger partial charge in [-0.1, -0.05) is 32.0 Å². The van der Waals surface area contributed by atoms with E-state index in [1.54, 1.807) is 6.07 Å². The average molecular weight is 266 g/mol. The van der Waals surface area contributed by atoms with E-state index in [1.165, 1.54) is 24.3 Å². The van der Waals surface area contributed by atoms with Crippen molar-refractivity contribution in [3.63, 3.8) is 0 Å².